The number of carbonyl (C=O) groups excluding carboxylic acids is 1. The van der Waals surface area contributed by atoms with Gasteiger partial charge in [0.25, 0.3) is 5.91 Å². The Morgan fingerprint density at radius 3 is 2.89 bits per heavy atom. The molecular weight excluding hydrogens is 301 g/mol. The van der Waals surface area contributed by atoms with Crippen LogP contribution >= 0.6 is 15.9 Å². The van der Waals surface area contributed by atoms with Crippen molar-refractivity contribution in [3.05, 3.63) is 46.4 Å². The molecular formula is C13H11BrFNO2. The molecule has 0 saturated heterocycles. The average molecular weight is 312 g/mol. The molecule has 0 spiro atoms. The van der Waals surface area contributed by atoms with Gasteiger partial charge in [-0.25, -0.2) is 4.39 Å². The first-order chi connectivity index (χ1) is 8.50. The molecule has 1 N–H and O–H groups in total. The number of carbonyl (C=O) groups is 1. The van der Waals surface area contributed by atoms with Crippen LogP contribution in [-0.4, -0.2) is 12.5 Å². The zero-order valence-corrected chi connectivity index (χ0v) is 11.3. The topological polar surface area (TPSA) is 42.2 Å². The predicted octanol–water partition coefficient (Wildman–Crippen LogP) is 3.52. The molecule has 0 unspecified atom stereocenters. The molecule has 0 radical (unpaired) electrons. The van der Waals surface area contributed by atoms with Crippen molar-refractivity contribution in [1.82, 2.24) is 5.32 Å². The monoisotopic (exact) mass is 311 g/mol. The normalized spacial score (nSPS) is 10.6. The molecule has 5 heteroatoms. The van der Waals surface area contributed by atoms with Crippen LogP contribution in [0.15, 0.2) is 33.7 Å². The highest BCUT2D eigenvalue weighted by Crippen LogP contribution is 2.27. The number of nitrogens with one attached hydrogen (secondary N) is 1. The van der Waals surface area contributed by atoms with Gasteiger partial charge in [0.15, 0.2) is 17.2 Å². The molecule has 94 valence electrons. The SMILES string of the molecule is C=C(Br)CNC(=O)c1oc2c(F)cccc2c1C. The first-order valence-electron chi connectivity index (χ1n) is 5.30. The Bertz CT molecular complexity index is 633. The van der Waals surface area contributed by atoms with Crippen LogP contribution in [0.5, 0.6) is 0 Å². The smallest absolute Gasteiger partial charge is 0.287 e. The molecule has 2 aromatic rings. The van der Waals surface area contributed by atoms with Crippen molar-refractivity contribution in [2.75, 3.05) is 6.54 Å². The zero-order chi connectivity index (χ0) is 13.3. The summed E-state index contributed by atoms with van der Waals surface area (Å²) in [4.78, 5) is 11.9. The van der Waals surface area contributed by atoms with Crippen molar-refractivity contribution in [3.63, 3.8) is 0 Å². The van der Waals surface area contributed by atoms with E-state index in [0.29, 0.717) is 15.4 Å². The second kappa shape index (κ2) is 4.94. The van der Waals surface area contributed by atoms with E-state index >= 15 is 0 Å². The standard InChI is InChI=1S/C13H11BrFNO2/c1-7(14)6-16-13(17)11-8(2)9-4-3-5-10(15)12(9)18-11/h3-5H,1,6H2,2H3,(H,16,17). The van der Waals surface area contributed by atoms with Crippen LogP contribution in [0.4, 0.5) is 4.39 Å². The minimum Gasteiger partial charge on any atom is -0.448 e. The molecule has 1 aromatic carbocycles. The minimum absolute atomic E-state index is 0.109. The second-order valence-corrected chi connectivity index (χ2v) is 4.99. The van der Waals surface area contributed by atoms with Crippen LogP contribution < -0.4 is 5.32 Å². The highest BCUT2D eigenvalue weighted by Gasteiger charge is 2.19. The van der Waals surface area contributed by atoms with E-state index in [-0.39, 0.29) is 23.8 Å². The fraction of sp³-hybridized carbons (Fsp3) is 0.154. The fourth-order valence-electron chi connectivity index (χ4n) is 1.68. The number of amides is 1. The van der Waals surface area contributed by atoms with Gasteiger partial charge in [-0.15, -0.1) is 0 Å². The summed E-state index contributed by atoms with van der Waals surface area (Å²) in [5.74, 6) is -0.730. The molecule has 0 aliphatic rings. The molecule has 3 nitrogen and oxygen atoms in total. The maximum Gasteiger partial charge on any atom is 0.287 e. The number of rotatable bonds is 3. The first-order valence-corrected chi connectivity index (χ1v) is 6.09. The third kappa shape index (κ3) is 2.31. The van der Waals surface area contributed by atoms with E-state index in [1.165, 1.54) is 6.07 Å². The summed E-state index contributed by atoms with van der Waals surface area (Å²) in [6.45, 7) is 5.63. The number of aryl methyl sites for hydroxylation is 1. The van der Waals surface area contributed by atoms with Crippen LogP contribution in [0.3, 0.4) is 0 Å². The molecule has 0 atom stereocenters. The van der Waals surface area contributed by atoms with E-state index in [2.05, 4.69) is 27.8 Å². The summed E-state index contributed by atoms with van der Waals surface area (Å²) in [5, 5.41) is 3.23. The van der Waals surface area contributed by atoms with Gasteiger partial charge >= 0.3 is 0 Å². The van der Waals surface area contributed by atoms with Gasteiger partial charge in [-0.2, -0.15) is 0 Å². The van der Waals surface area contributed by atoms with E-state index in [0.717, 1.165) is 0 Å². The molecule has 0 saturated carbocycles. The molecule has 0 bridgehead atoms. The van der Waals surface area contributed by atoms with E-state index in [9.17, 15) is 9.18 Å². The van der Waals surface area contributed by atoms with Crippen LogP contribution in [0.1, 0.15) is 16.1 Å². The molecule has 2 rings (SSSR count). The van der Waals surface area contributed by atoms with Crippen LogP contribution in [0, 0.1) is 12.7 Å². The summed E-state index contributed by atoms with van der Waals surface area (Å²) in [7, 11) is 0. The lowest BCUT2D eigenvalue weighted by atomic mass is 10.1. The Morgan fingerprint density at radius 1 is 1.56 bits per heavy atom. The molecule has 1 aromatic heterocycles. The maximum absolute atomic E-state index is 13.5. The maximum atomic E-state index is 13.5. The number of fused-ring (bicyclic) bond motifs is 1. The van der Waals surface area contributed by atoms with Gasteiger partial charge < -0.3 is 9.73 Å². The highest BCUT2D eigenvalue weighted by atomic mass is 79.9. The third-order valence-electron chi connectivity index (χ3n) is 2.56. The molecule has 1 amide bonds. The lowest BCUT2D eigenvalue weighted by molar-refractivity contribution is 0.0931. The molecule has 0 aliphatic heterocycles. The number of hydrogen-bond acceptors (Lipinski definition) is 2. The molecule has 18 heavy (non-hydrogen) atoms. The lowest BCUT2D eigenvalue weighted by Gasteiger charge is -2.01. The quantitative estimate of drug-likeness (QED) is 0.942. The Hall–Kier alpha value is -1.62. The minimum atomic E-state index is -0.473. The highest BCUT2D eigenvalue weighted by molar-refractivity contribution is 9.11. The Labute approximate surface area is 112 Å². The van der Waals surface area contributed by atoms with Gasteiger partial charge in [0.2, 0.25) is 0 Å². The summed E-state index contributed by atoms with van der Waals surface area (Å²) >= 11 is 3.14. The summed E-state index contributed by atoms with van der Waals surface area (Å²) in [6, 6.07) is 4.60. The molecule has 0 aliphatic carbocycles. The number of hydrogen-bond donors (Lipinski definition) is 1. The summed E-state index contributed by atoms with van der Waals surface area (Å²) in [6.07, 6.45) is 0. The number of furan rings is 1. The third-order valence-corrected chi connectivity index (χ3v) is 2.84. The zero-order valence-electron chi connectivity index (χ0n) is 9.72. The van der Waals surface area contributed by atoms with Gasteiger partial charge in [0.05, 0.1) is 0 Å². The van der Waals surface area contributed by atoms with Crippen molar-refractivity contribution >= 4 is 32.8 Å². The first kappa shape index (κ1) is 12.8. The Balaban J connectivity index is 2.40. The van der Waals surface area contributed by atoms with Crippen molar-refractivity contribution in [2.24, 2.45) is 0 Å². The summed E-state index contributed by atoms with van der Waals surface area (Å²) < 4.78 is 19.5. The van der Waals surface area contributed by atoms with Crippen LogP contribution in [0.2, 0.25) is 0 Å². The average Bonchev–Trinajstić information content (AvgIpc) is 2.66. The van der Waals surface area contributed by atoms with Crippen molar-refractivity contribution in [2.45, 2.75) is 6.92 Å². The fourth-order valence-corrected chi connectivity index (χ4v) is 1.82. The number of para-hydroxylation sites is 1. The largest absolute Gasteiger partial charge is 0.448 e. The van der Waals surface area contributed by atoms with Gasteiger partial charge in [0, 0.05) is 22.0 Å². The van der Waals surface area contributed by atoms with Gasteiger partial charge in [-0.05, 0) is 13.0 Å². The van der Waals surface area contributed by atoms with Crippen LogP contribution in [0.25, 0.3) is 11.0 Å². The van der Waals surface area contributed by atoms with Crippen molar-refractivity contribution in [1.29, 1.82) is 0 Å². The Morgan fingerprint density at radius 2 is 2.28 bits per heavy atom. The lowest BCUT2D eigenvalue weighted by Crippen LogP contribution is -2.24. The van der Waals surface area contributed by atoms with Gasteiger partial charge in [-0.1, -0.05) is 34.6 Å². The molecule has 1 heterocycles. The van der Waals surface area contributed by atoms with Gasteiger partial charge in [-0.3, -0.25) is 4.79 Å². The van der Waals surface area contributed by atoms with E-state index in [1.54, 1.807) is 19.1 Å². The van der Waals surface area contributed by atoms with Crippen molar-refractivity contribution < 1.29 is 13.6 Å². The van der Waals surface area contributed by atoms with E-state index in [4.69, 9.17) is 4.42 Å². The number of benzene rings is 1. The van der Waals surface area contributed by atoms with E-state index in [1.807, 2.05) is 0 Å². The molecule has 0 fully saturated rings. The summed E-state index contributed by atoms with van der Waals surface area (Å²) in [5.41, 5.74) is 0.736. The van der Waals surface area contributed by atoms with E-state index < -0.39 is 5.82 Å². The number of halogens is 2. The predicted molar refractivity (Wildman–Crippen MR) is 71.3 cm³/mol. The van der Waals surface area contributed by atoms with Crippen LogP contribution in [-0.2, 0) is 0 Å². The van der Waals surface area contributed by atoms with Gasteiger partial charge in [0.1, 0.15) is 0 Å². The van der Waals surface area contributed by atoms with Crippen molar-refractivity contribution in [3.8, 4) is 0 Å². The Kier molecular flexibility index (Phi) is 3.52. The second-order valence-electron chi connectivity index (χ2n) is 3.87.